The molecule has 0 aliphatic carbocycles. The molecule has 0 aromatic heterocycles. The van der Waals surface area contributed by atoms with Gasteiger partial charge in [-0.05, 0) is 47.9 Å². The highest BCUT2D eigenvalue weighted by Crippen LogP contribution is 2.34. The molecule has 3 aromatic rings. The fraction of sp³-hybridized carbons (Fsp3) is 0.200. The number of carbonyl (C=O) groups excluding carboxylic acids is 2. The Bertz CT molecular complexity index is 1060. The second kappa shape index (κ2) is 8.41. The van der Waals surface area contributed by atoms with Crippen molar-refractivity contribution >= 4 is 23.2 Å². The number of hydrogen-bond acceptors (Lipinski definition) is 3. The van der Waals surface area contributed by atoms with Crippen LogP contribution in [0.15, 0.2) is 72.8 Å². The van der Waals surface area contributed by atoms with Crippen LogP contribution in [0.5, 0.6) is 5.75 Å². The molecule has 1 fully saturated rings. The van der Waals surface area contributed by atoms with Crippen LogP contribution >= 0.6 is 0 Å². The minimum Gasteiger partial charge on any atom is -0.495 e. The molecule has 152 valence electrons. The van der Waals surface area contributed by atoms with Crippen LogP contribution in [-0.4, -0.2) is 25.5 Å². The van der Waals surface area contributed by atoms with Crippen molar-refractivity contribution in [3.05, 3.63) is 78.4 Å². The van der Waals surface area contributed by atoms with Crippen molar-refractivity contribution in [2.75, 3.05) is 23.9 Å². The lowest BCUT2D eigenvalue weighted by Gasteiger charge is -2.20. The number of ether oxygens (including phenoxy) is 1. The number of methoxy groups -OCH3 is 1. The summed E-state index contributed by atoms with van der Waals surface area (Å²) in [6.07, 6.45) is 0.186. The molecule has 1 aliphatic heterocycles. The Morgan fingerprint density at radius 2 is 1.70 bits per heavy atom. The molecule has 1 atom stereocenters. The zero-order valence-corrected chi connectivity index (χ0v) is 17.1. The van der Waals surface area contributed by atoms with Gasteiger partial charge in [-0.15, -0.1) is 0 Å². The standard InChI is InChI=1S/C25H24N2O3/c1-17-8-13-23(30-2)22(14-17)27-16-20(15-24(27)28)25(29)26-21-11-9-19(10-12-21)18-6-4-3-5-7-18/h3-14,20H,15-16H2,1-2H3,(H,26,29). The van der Waals surface area contributed by atoms with Crippen molar-refractivity contribution < 1.29 is 14.3 Å². The minimum absolute atomic E-state index is 0.0709. The Kier molecular flexibility index (Phi) is 5.53. The molecule has 0 saturated carbocycles. The zero-order chi connectivity index (χ0) is 21.1. The summed E-state index contributed by atoms with van der Waals surface area (Å²) in [7, 11) is 1.58. The first kappa shape index (κ1) is 19.7. The molecule has 0 spiro atoms. The third-order valence-electron chi connectivity index (χ3n) is 5.38. The largest absolute Gasteiger partial charge is 0.495 e. The van der Waals surface area contributed by atoms with Crippen molar-refractivity contribution in [3.8, 4) is 16.9 Å². The summed E-state index contributed by atoms with van der Waals surface area (Å²) in [6, 6.07) is 23.5. The summed E-state index contributed by atoms with van der Waals surface area (Å²) in [6.45, 7) is 2.30. The second-order valence-corrected chi connectivity index (χ2v) is 7.51. The van der Waals surface area contributed by atoms with Crippen molar-refractivity contribution in [1.82, 2.24) is 0 Å². The molecule has 1 unspecified atom stereocenters. The van der Waals surface area contributed by atoms with E-state index in [-0.39, 0.29) is 18.2 Å². The molecule has 30 heavy (non-hydrogen) atoms. The lowest BCUT2D eigenvalue weighted by molar-refractivity contribution is -0.122. The predicted molar refractivity (Wildman–Crippen MR) is 119 cm³/mol. The van der Waals surface area contributed by atoms with Crippen molar-refractivity contribution in [3.63, 3.8) is 0 Å². The molecule has 1 saturated heterocycles. The summed E-state index contributed by atoms with van der Waals surface area (Å²) >= 11 is 0. The van der Waals surface area contributed by atoms with E-state index in [9.17, 15) is 9.59 Å². The summed E-state index contributed by atoms with van der Waals surface area (Å²) in [5, 5.41) is 2.95. The van der Waals surface area contributed by atoms with Gasteiger partial charge in [-0.2, -0.15) is 0 Å². The highest BCUT2D eigenvalue weighted by molar-refractivity contribution is 6.04. The second-order valence-electron chi connectivity index (χ2n) is 7.51. The predicted octanol–water partition coefficient (Wildman–Crippen LogP) is 4.66. The van der Waals surface area contributed by atoms with Gasteiger partial charge in [-0.1, -0.05) is 48.5 Å². The molecule has 5 nitrogen and oxygen atoms in total. The minimum atomic E-state index is -0.406. The van der Waals surface area contributed by atoms with Gasteiger partial charge < -0.3 is 15.0 Å². The zero-order valence-electron chi connectivity index (χ0n) is 17.1. The maximum Gasteiger partial charge on any atom is 0.229 e. The van der Waals surface area contributed by atoms with Gasteiger partial charge in [0.1, 0.15) is 5.75 Å². The number of hydrogen-bond donors (Lipinski definition) is 1. The summed E-state index contributed by atoms with van der Waals surface area (Å²) in [5.41, 5.74) is 4.68. The van der Waals surface area contributed by atoms with E-state index in [1.807, 2.05) is 79.7 Å². The van der Waals surface area contributed by atoms with E-state index < -0.39 is 5.92 Å². The summed E-state index contributed by atoms with van der Waals surface area (Å²) in [5.74, 6) is 0.00596. The van der Waals surface area contributed by atoms with Gasteiger partial charge >= 0.3 is 0 Å². The monoisotopic (exact) mass is 400 g/mol. The molecule has 2 amide bonds. The molecular weight excluding hydrogens is 376 g/mol. The number of amides is 2. The normalized spacial score (nSPS) is 15.9. The van der Waals surface area contributed by atoms with Crippen LogP contribution in [0.4, 0.5) is 11.4 Å². The Morgan fingerprint density at radius 3 is 2.40 bits per heavy atom. The maximum absolute atomic E-state index is 12.8. The number of aryl methyl sites for hydroxylation is 1. The Labute approximate surface area is 176 Å². The lowest BCUT2D eigenvalue weighted by Crippen LogP contribution is -2.28. The first-order valence-electron chi connectivity index (χ1n) is 9.96. The molecule has 1 aliphatic rings. The quantitative estimate of drug-likeness (QED) is 0.678. The van der Waals surface area contributed by atoms with Crippen LogP contribution in [-0.2, 0) is 9.59 Å². The van der Waals surface area contributed by atoms with Gasteiger partial charge in [0, 0.05) is 18.7 Å². The van der Waals surface area contributed by atoms with Crippen LogP contribution in [0, 0.1) is 12.8 Å². The number of benzene rings is 3. The van der Waals surface area contributed by atoms with Gasteiger partial charge in [0.25, 0.3) is 0 Å². The van der Waals surface area contributed by atoms with E-state index >= 15 is 0 Å². The number of rotatable bonds is 5. The van der Waals surface area contributed by atoms with Crippen molar-refractivity contribution in [1.29, 1.82) is 0 Å². The first-order chi connectivity index (χ1) is 14.5. The van der Waals surface area contributed by atoms with Crippen molar-refractivity contribution in [2.24, 2.45) is 5.92 Å². The van der Waals surface area contributed by atoms with Crippen LogP contribution in [0.25, 0.3) is 11.1 Å². The van der Waals surface area contributed by atoms with E-state index in [2.05, 4.69) is 5.32 Å². The van der Waals surface area contributed by atoms with Crippen LogP contribution < -0.4 is 15.0 Å². The average molecular weight is 400 g/mol. The van der Waals surface area contributed by atoms with Crippen LogP contribution in [0.2, 0.25) is 0 Å². The Balaban J connectivity index is 1.45. The molecule has 0 bridgehead atoms. The van der Waals surface area contributed by atoms with E-state index in [4.69, 9.17) is 4.74 Å². The maximum atomic E-state index is 12.8. The summed E-state index contributed by atoms with van der Waals surface area (Å²) < 4.78 is 5.41. The van der Waals surface area contributed by atoms with Gasteiger partial charge in [-0.3, -0.25) is 9.59 Å². The van der Waals surface area contributed by atoms with E-state index in [1.165, 1.54) is 0 Å². The van der Waals surface area contributed by atoms with E-state index in [0.29, 0.717) is 18.0 Å². The molecule has 1 N–H and O–H groups in total. The third-order valence-corrected chi connectivity index (χ3v) is 5.38. The SMILES string of the molecule is COc1ccc(C)cc1N1CC(C(=O)Nc2ccc(-c3ccccc3)cc2)CC1=O. The lowest BCUT2D eigenvalue weighted by atomic mass is 10.0. The van der Waals surface area contributed by atoms with Crippen LogP contribution in [0.3, 0.4) is 0 Å². The van der Waals surface area contributed by atoms with Gasteiger partial charge in [-0.25, -0.2) is 0 Å². The van der Waals surface area contributed by atoms with Crippen molar-refractivity contribution in [2.45, 2.75) is 13.3 Å². The number of nitrogens with one attached hydrogen (secondary N) is 1. The van der Waals surface area contributed by atoms with Gasteiger partial charge in [0.05, 0.1) is 18.7 Å². The Hall–Kier alpha value is -3.60. The number of anilines is 2. The molecule has 4 rings (SSSR count). The van der Waals surface area contributed by atoms with Gasteiger partial charge in [0.15, 0.2) is 0 Å². The topological polar surface area (TPSA) is 58.6 Å². The van der Waals surface area contributed by atoms with Gasteiger partial charge in [0.2, 0.25) is 11.8 Å². The highest BCUT2D eigenvalue weighted by Gasteiger charge is 2.36. The summed E-state index contributed by atoms with van der Waals surface area (Å²) in [4.78, 5) is 27.1. The van der Waals surface area contributed by atoms with E-state index in [0.717, 1.165) is 22.4 Å². The third kappa shape index (κ3) is 4.06. The number of nitrogens with zero attached hydrogens (tertiary/aromatic N) is 1. The molecule has 3 aromatic carbocycles. The van der Waals surface area contributed by atoms with Crippen LogP contribution in [0.1, 0.15) is 12.0 Å². The molecule has 5 heteroatoms. The Morgan fingerprint density at radius 1 is 1.00 bits per heavy atom. The average Bonchev–Trinajstić information content (AvgIpc) is 3.16. The molecular formula is C25H24N2O3. The number of carbonyl (C=O) groups is 2. The first-order valence-corrected chi connectivity index (χ1v) is 9.96. The molecule has 0 radical (unpaired) electrons. The fourth-order valence-corrected chi connectivity index (χ4v) is 3.75. The fourth-order valence-electron chi connectivity index (χ4n) is 3.75. The van der Waals surface area contributed by atoms with E-state index in [1.54, 1.807) is 12.0 Å². The smallest absolute Gasteiger partial charge is 0.229 e. The highest BCUT2D eigenvalue weighted by atomic mass is 16.5. The molecule has 1 heterocycles.